The molecule has 0 aliphatic carbocycles. The summed E-state index contributed by atoms with van der Waals surface area (Å²) in [5.41, 5.74) is 0.895. The van der Waals surface area contributed by atoms with Gasteiger partial charge < -0.3 is 9.88 Å². The van der Waals surface area contributed by atoms with Crippen LogP contribution in [-0.2, 0) is 6.54 Å². The third kappa shape index (κ3) is 3.92. The van der Waals surface area contributed by atoms with Crippen LogP contribution < -0.4 is 10.9 Å². The molecule has 4 nitrogen and oxygen atoms in total. The van der Waals surface area contributed by atoms with E-state index in [9.17, 15) is 9.59 Å². The summed E-state index contributed by atoms with van der Waals surface area (Å²) in [6.07, 6.45) is 1.62. The van der Waals surface area contributed by atoms with Gasteiger partial charge in [-0.25, -0.2) is 0 Å². The predicted octanol–water partition coefficient (Wildman–Crippen LogP) is 4.46. The Bertz CT molecular complexity index is 983. The molecule has 1 N–H and O–H groups in total. The quantitative estimate of drug-likeness (QED) is 0.734. The van der Waals surface area contributed by atoms with Crippen molar-refractivity contribution in [1.82, 2.24) is 4.57 Å². The minimum absolute atomic E-state index is 0.0365. The van der Waals surface area contributed by atoms with Gasteiger partial charge in [0.1, 0.15) is 5.56 Å². The summed E-state index contributed by atoms with van der Waals surface area (Å²) in [4.78, 5) is 25.1. The molecule has 3 rings (SSSR count). The molecule has 0 saturated carbocycles. The standard InChI is InChI=1S/C19H14Cl2N2O2/c20-15-8-2-1-6-13(15)12-23-11-5-7-14(19(23)25)18(24)22-17-10-4-3-9-16(17)21/h1-11H,12H2,(H,22,24). The molecule has 0 saturated heterocycles. The molecule has 0 bridgehead atoms. The smallest absolute Gasteiger partial charge is 0.263 e. The molecule has 0 aliphatic rings. The van der Waals surface area contributed by atoms with Gasteiger partial charge in [-0.15, -0.1) is 0 Å². The molecule has 0 atom stereocenters. The van der Waals surface area contributed by atoms with Gasteiger partial charge in [0, 0.05) is 11.2 Å². The highest BCUT2D eigenvalue weighted by atomic mass is 35.5. The monoisotopic (exact) mass is 372 g/mol. The molecule has 3 aromatic rings. The van der Waals surface area contributed by atoms with Crippen LogP contribution in [0.1, 0.15) is 15.9 Å². The average molecular weight is 373 g/mol. The number of anilines is 1. The average Bonchev–Trinajstić information content (AvgIpc) is 2.60. The van der Waals surface area contributed by atoms with Gasteiger partial charge in [-0.05, 0) is 35.9 Å². The van der Waals surface area contributed by atoms with Crippen LogP contribution in [0.3, 0.4) is 0 Å². The van der Waals surface area contributed by atoms with Gasteiger partial charge in [-0.2, -0.15) is 0 Å². The fourth-order valence-electron chi connectivity index (χ4n) is 2.40. The normalized spacial score (nSPS) is 10.5. The zero-order valence-corrected chi connectivity index (χ0v) is 14.6. The van der Waals surface area contributed by atoms with Crippen LogP contribution in [0.15, 0.2) is 71.7 Å². The zero-order valence-electron chi connectivity index (χ0n) is 13.1. The number of benzene rings is 2. The van der Waals surface area contributed by atoms with Crippen molar-refractivity contribution in [2.45, 2.75) is 6.54 Å². The van der Waals surface area contributed by atoms with E-state index in [1.807, 2.05) is 18.2 Å². The molecule has 1 heterocycles. The Morgan fingerprint density at radius 1 is 0.920 bits per heavy atom. The number of pyridine rings is 1. The lowest BCUT2D eigenvalue weighted by Crippen LogP contribution is -2.29. The molecule has 6 heteroatoms. The van der Waals surface area contributed by atoms with E-state index < -0.39 is 11.5 Å². The Kier molecular flexibility index (Phi) is 5.22. The molecule has 0 radical (unpaired) electrons. The summed E-state index contributed by atoms with van der Waals surface area (Å²) in [6, 6.07) is 17.3. The molecule has 25 heavy (non-hydrogen) atoms. The lowest BCUT2D eigenvalue weighted by Gasteiger charge is -2.10. The Morgan fingerprint density at radius 3 is 2.32 bits per heavy atom. The number of amides is 1. The number of hydrogen-bond acceptors (Lipinski definition) is 2. The van der Waals surface area contributed by atoms with E-state index in [2.05, 4.69) is 5.32 Å². The molecule has 126 valence electrons. The van der Waals surface area contributed by atoms with Crippen molar-refractivity contribution >= 4 is 34.8 Å². The van der Waals surface area contributed by atoms with Gasteiger partial charge in [0.15, 0.2) is 0 Å². The van der Waals surface area contributed by atoms with Crippen LogP contribution in [-0.4, -0.2) is 10.5 Å². The minimum Gasteiger partial charge on any atom is -0.320 e. The topological polar surface area (TPSA) is 51.1 Å². The van der Waals surface area contributed by atoms with Crippen molar-refractivity contribution in [2.24, 2.45) is 0 Å². The molecule has 0 aliphatic heterocycles. The number of carbonyl (C=O) groups is 1. The lowest BCUT2D eigenvalue weighted by atomic mass is 10.2. The molecule has 0 unspecified atom stereocenters. The van der Waals surface area contributed by atoms with Crippen molar-refractivity contribution in [2.75, 3.05) is 5.32 Å². The van der Waals surface area contributed by atoms with Crippen LogP contribution in [0.4, 0.5) is 5.69 Å². The molecular weight excluding hydrogens is 359 g/mol. The first-order chi connectivity index (χ1) is 12.1. The van der Waals surface area contributed by atoms with E-state index >= 15 is 0 Å². The summed E-state index contributed by atoms with van der Waals surface area (Å²) in [5, 5.41) is 3.63. The third-order valence-corrected chi connectivity index (χ3v) is 4.38. The maximum absolute atomic E-state index is 12.6. The third-order valence-electron chi connectivity index (χ3n) is 3.69. The van der Waals surface area contributed by atoms with Crippen LogP contribution in [0.5, 0.6) is 0 Å². The van der Waals surface area contributed by atoms with Crippen molar-refractivity contribution in [1.29, 1.82) is 0 Å². The van der Waals surface area contributed by atoms with Crippen molar-refractivity contribution < 1.29 is 4.79 Å². The molecule has 0 spiro atoms. The SMILES string of the molecule is O=C(Nc1ccccc1Cl)c1cccn(Cc2ccccc2Cl)c1=O. The molecule has 2 aromatic carbocycles. The second kappa shape index (κ2) is 7.55. The fourth-order valence-corrected chi connectivity index (χ4v) is 2.78. The highest BCUT2D eigenvalue weighted by molar-refractivity contribution is 6.33. The maximum atomic E-state index is 12.6. The van der Waals surface area contributed by atoms with Gasteiger partial charge in [0.05, 0.1) is 17.3 Å². The Balaban J connectivity index is 1.88. The van der Waals surface area contributed by atoms with Crippen LogP contribution >= 0.6 is 23.2 Å². The summed E-state index contributed by atoms with van der Waals surface area (Å²) < 4.78 is 1.45. The first-order valence-corrected chi connectivity index (χ1v) is 8.30. The predicted molar refractivity (Wildman–Crippen MR) is 101 cm³/mol. The Labute approximate surface area is 154 Å². The first kappa shape index (κ1) is 17.3. The number of hydrogen-bond donors (Lipinski definition) is 1. The number of carbonyl (C=O) groups excluding carboxylic acids is 1. The fraction of sp³-hybridized carbons (Fsp3) is 0.0526. The Morgan fingerprint density at radius 2 is 1.60 bits per heavy atom. The number of nitrogens with zero attached hydrogens (tertiary/aromatic N) is 1. The highest BCUT2D eigenvalue weighted by Crippen LogP contribution is 2.21. The second-order valence-corrected chi connectivity index (χ2v) is 6.19. The van der Waals surface area contributed by atoms with Crippen molar-refractivity contribution in [3.05, 3.63) is 98.4 Å². The maximum Gasteiger partial charge on any atom is 0.263 e. The first-order valence-electron chi connectivity index (χ1n) is 7.55. The molecular formula is C19H14Cl2N2O2. The van der Waals surface area contributed by atoms with E-state index in [4.69, 9.17) is 23.2 Å². The van der Waals surface area contributed by atoms with E-state index in [0.717, 1.165) is 5.56 Å². The molecule has 1 aromatic heterocycles. The largest absolute Gasteiger partial charge is 0.320 e. The number of rotatable bonds is 4. The summed E-state index contributed by atoms with van der Waals surface area (Å²) in [5.74, 6) is -0.508. The number of nitrogens with one attached hydrogen (secondary N) is 1. The zero-order chi connectivity index (χ0) is 17.8. The van der Waals surface area contributed by atoms with E-state index in [1.165, 1.54) is 10.6 Å². The van der Waals surface area contributed by atoms with Crippen molar-refractivity contribution in [3.63, 3.8) is 0 Å². The summed E-state index contributed by atoms with van der Waals surface area (Å²) in [7, 11) is 0. The summed E-state index contributed by atoms with van der Waals surface area (Å²) >= 11 is 12.2. The van der Waals surface area contributed by atoms with Crippen LogP contribution in [0, 0.1) is 0 Å². The van der Waals surface area contributed by atoms with Crippen LogP contribution in [0.25, 0.3) is 0 Å². The Hall–Kier alpha value is -2.56. The van der Waals surface area contributed by atoms with E-state index in [0.29, 0.717) is 15.7 Å². The molecule has 0 fully saturated rings. The van der Waals surface area contributed by atoms with Gasteiger partial charge in [0.2, 0.25) is 0 Å². The minimum atomic E-state index is -0.508. The van der Waals surface area contributed by atoms with E-state index in [-0.39, 0.29) is 12.1 Å². The number of halogens is 2. The highest BCUT2D eigenvalue weighted by Gasteiger charge is 2.14. The lowest BCUT2D eigenvalue weighted by molar-refractivity contribution is 0.102. The van der Waals surface area contributed by atoms with Gasteiger partial charge >= 0.3 is 0 Å². The summed E-state index contributed by atoms with van der Waals surface area (Å²) in [6.45, 7) is 0.283. The molecule has 1 amide bonds. The second-order valence-electron chi connectivity index (χ2n) is 5.38. The van der Waals surface area contributed by atoms with E-state index in [1.54, 1.807) is 42.6 Å². The van der Waals surface area contributed by atoms with Crippen LogP contribution in [0.2, 0.25) is 10.0 Å². The van der Waals surface area contributed by atoms with Crippen molar-refractivity contribution in [3.8, 4) is 0 Å². The number of aromatic nitrogens is 1. The number of para-hydroxylation sites is 1. The van der Waals surface area contributed by atoms with Gasteiger partial charge in [0.25, 0.3) is 11.5 Å². The van der Waals surface area contributed by atoms with Gasteiger partial charge in [-0.3, -0.25) is 9.59 Å². The van der Waals surface area contributed by atoms with Gasteiger partial charge in [-0.1, -0.05) is 53.5 Å².